The van der Waals surface area contributed by atoms with E-state index in [0.29, 0.717) is 24.6 Å². The van der Waals surface area contributed by atoms with Crippen LogP contribution in [0.15, 0.2) is 66.0 Å². The van der Waals surface area contributed by atoms with E-state index in [1.54, 1.807) is 9.25 Å². The van der Waals surface area contributed by atoms with Gasteiger partial charge in [0.1, 0.15) is 5.56 Å². The van der Waals surface area contributed by atoms with Crippen molar-refractivity contribution in [1.82, 2.24) is 44.9 Å². The molecule has 12 heteroatoms. The van der Waals surface area contributed by atoms with Crippen LogP contribution in [-0.2, 0) is 23.1 Å². The molecule has 1 aliphatic heterocycles. The number of unbranched alkanes of at least 4 members (excludes halogenated alkanes) is 1. The Morgan fingerprint density at radius 2 is 2.00 bits per heavy atom. The minimum atomic E-state index is -0.647. The number of allylic oxidation sites excluding steroid dienone is 2. The molecule has 0 aliphatic carbocycles. The second-order valence-corrected chi connectivity index (χ2v) is 10.1. The first-order chi connectivity index (χ1) is 19.4. The third-order valence-electron chi connectivity index (χ3n) is 7.12. The molecule has 0 bridgehead atoms. The lowest BCUT2D eigenvalue weighted by molar-refractivity contribution is 0.0600. The van der Waals surface area contributed by atoms with Crippen molar-refractivity contribution in [1.29, 1.82) is 0 Å². The molecule has 12 nitrogen and oxygen atoms in total. The van der Waals surface area contributed by atoms with Crippen LogP contribution in [0.4, 0.5) is 0 Å². The Bertz CT molecular complexity index is 1590. The highest BCUT2D eigenvalue weighted by Crippen LogP contribution is 2.34. The van der Waals surface area contributed by atoms with E-state index < -0.39 is 11.4 Å². The fraction of sp³-hybridized carbons (Fsp3) is 0.357. The number of rotatable bonds is 10. The maximum atomic E-state index is 14.2. The normalized spacial score (nSPS) is 14.0. The van der Waals surface area contributed by atoms with Crippen molar-refractivity contribution in [3.8, 4) is 17.2 Å². The highest BCUT2D eigenvalue weighted by atomic mass is 16.5. The van der Waals surface area contributed by atoms with Crippen LogP contribution in [0.2, 0.25) is 0 Å². The van der Waals surface area contributed by atoms with Gasteiger partial charge in [0.05, 0.1) is 18.7 Å². The van der Waals surface area contributed by atoms with Crippen LogP contribution >= 0.6 is 0 Å². The van der Waals surface area contributed by atoms with Gasteiger partial charge in [-0.05, 0) is 55.9 Å². The molecule has 1 aliphatic rings. The third kappa shape index (κ3) is 4.88. The zero-order valence-electron chi connectivity index (χ0n) is 23.0. The van der Waals surface area contributed by atoms with Crippen molar-refractivity contribution in [2.75, 3.05) is 7.11 Å². The number of aromatic amines is 1. The number of nitrogens with zero attached hydrogens (tertiary/aromatic N) is 7. The number of hydrogen-bond acceptors (Lipinski definition) is 8. The van der Waals surface area contributed by atoms with E-state index in [-0.39, 0.29) is 17.3 Å². The minimum absolute atomic E-state index is 0.0859. The fourth-order valence-corrected chi connectivity index (χ4v) is 5.02. The van der Waals surface area contributed by atoms with E-state index in [9.17, 15) is 9.59 Å². The van der Waals surface area contributed by atoms with Gasteiger partial charge in [-0.15, -0.1) is 10.2 Å². The first kappa shape index (κ1) is 26.9. The molecule has 2 N–H and O–H groups in total. The fourth-order valence-electron chi connectivity index (χ4n) is 5.02. The Balaban J connectivity index is 1.66. The van der Waals surface area contributed by atoms with E-state index in [2.05, 4.69) is 38.0 Å². The smallest absolute Gasteiger partial charge is 0.343 e. The van der Waals surface area contributed by atoms with Crippen LogP contribution in [-0.4, -0.2) is 52.6 Å². The summed E-state index contributed by atoms with van der Waals surface area (Å²) in [7, 11) is 1.32. The summed E-state index contributed by atoms with van der Waals surface area (Å²) in [4.78, 5) is 26.9. The molecule has 4 heterocycles. The number of methoxy groups -OCH3 is 1. The summed E-state index contributed by atoms with van der Waals surface area (Å²) in [5.41, 5.74) is 1.98. The van der Waals surface area contributed by atoms with E-state index in [1.165, 1.54) is 17.9 Å². The topological polar surface area (TPSA) is 138 Å². The SMILES string of the molecule is CCCCc1cn(-c2c(C(=O)OC)cnn2C(C)C)c(=O)n1CC1(c2cccc(-c3nn[nH]n3)c2)C=CNC=C1. The summed E-state index contributed by atoms with van der Waals surface area (Å²) in [5.74, 6) is 0.340. The molecule has 0 saturated carbocycles. The average Bonchev–Trinajstić information content (AvgIpc) is 3.72. The lowest BCUT2D eigenvalue weighted by atomic mass is 9.78. The average molecular weight is 544 g/mol. The van der Waals surface area contributed by atoms with E-state index in [1.807, 2.05) is 68.9 Å². The monoisotopic (exact) mass is 543 g/mol. The van der Waals surface area contributed by atoms with Gasteiger partial charge in [0.2, 0.25) is 5.82 Å². The summed E-state index contributed by atoms with van der Waals surface area (Å²) in [5, 5.41) is 22.0. The molecule has 1 aromatic carbocycles. The van der Waals surface area contributed by atoms with Crippen LogP contribution in [0.3, 0.4) is 0 Å². The van der Waals surface area contributed by atoms with Crippen molar-refractivity contribution in [2.45, 2.75) is 58.0 Å². The number of ether oxygens (including phenoxy) is 1. The number of tetrazole rings is 1. The van der Waals surface area contributed by atoms with Gasteiger partial charge in [-0.3, -0.25) is 9.13 Å². The van der Waals surface area contributed by atoms with Crippen molar-refractivity contribution in [2.24, 2.45) is 0 Å². The number of aromatic nitrogens is 8. The Labute approximate surface area is 231 Å². The van der Waals surface area contributed by atoms with Gasteiger partial charge in [0, 0.05) is 30.0 Å². The summed E-state index contributed by atoms with van der Waals surface area (Å²) in [6.45, 7) is 6.36. The Kier molecular flexibility index (Phi) is 7.50. The van der Waals surface area contributed by atoms with Gasteiger partial charge >= 0.3 is 11.7 Å². The number of nitrogens with one attached hydrogen (secondary N) is 2. The maximum absolute atomic E-state index is 14.2. The number of hydrogen-bond donors (Lipinski definition) is 2. The van der Waals surface area contributed by atoms with Gasteiger partial charge in [-0.2, -0.15) is 10.3 Å². The number of aryl methyl sites for hydroxylation is 1. The first-order valence-corrected chi connectivity index (χ1v) is 13.3. The van der Waals surface area contributed by atoms with Crippen LogP contribution < -0.4 is 11.0 Å². The quantitative estimate of drug-likeness (QED) is 0.291. The van der Waals surface area contributed by atoms with Crippen LogP contribution in [0.1, 0.15) is 61.3 Å². The zero-order valence-corrected chi connectivity index (χ0v) is 23.0. The summed E-state index contributed by atoms with van der Waals surface area (Å²) >= 11 is 0. The maximum Gasteiger partial charge on any atom is 0.343 e. The standard InChI is InChI=1S/C28H33N9O3/c1-5-6-10-22-17-35(25-23(26(38)40-4)16-30-37(25)19(2)3)27(39)36(22)18-28(11-13-29-14-12-28)21-9-7-8-20(15-21)24-31-33-34-32-24/h7-9,11-17,19,29H,5-6,10,18H2,1-4H3,(H,31,32,33,34). The number of carbonyl (C=O) groups excluding carboxylic acids is 1. The predicted octanol–water partition coefficient (Wildman–Crippen LogP) is 3.29. The molecular weight excluding hydrogens is 510 g/mol. The summed E-state index contributed by atoms with van der Waals surface area (Å²) in [6, 6.07) is 7.83. The van der Waals surface area contributed by atoms with Crippen molar-refractivity contribution in [3.05, 3.63) is 88.5 Å². The van der Waals surface area contributed by atoms with E-state index >= 15 is 0 Å². The molecule has 0 unspecified atom stereocenters. The zero-order chi connectivity index (χ0) is 28.3. The van der Waals surface area contributed by atoms with Crippen LogP contribution in [0.25, 0.3) is 17.2 Å². The second kappa shape index (κ2) is 11.2. The molecule has 0 fully saturated rings. The van der Waals surface area contributed by atoms with Crippen molar-refractivity contribution >= 4 is 5.97 Å². The molecule has 4 aromatic rings. The number of esters is 1. The molecule has 0 saturated heterocycles. The lowest BCUT2D eigenvalue weighted by Gasteiger charge is -2.31. The molecule has 0 spiro atoms. The number of H-pyrrole nitrogens is 1. The van der Waals surface area contributed by atoms with Crippen LogP contribution in [0.5, 0.6) is 0 Å². The molecule has 0 radical (unpaired) electrons. The summed E-state index contributed by atoms with van der Waals surface area (Å²) in [6.07, 6.45) is 13.7. The molecule has 0 atom stereocenters. The van der Waals surface area contributed by atoms with E-state index in [0.717, 1.165) is 29.7 Å². The third-order valence-corrected chi connectivity index (χ3v) is 7.12. The van der Waals surface area contributed by atoms with Crippen LogP contribution in [0, 0.1) is 0 Å². The molecule has 3 aromatic heterocycles. The summed E-state index contributed by atoms with van der Waals surface area (Å²) < 4.78 is 10.0. The van der Waals surface area contributed by atoms with E-state index in [4.69, 9.17) is 4.74 Å². The largest absolute Gasteiger partial charge is 0.465 e. The molecule has 0 amide bonds. The van der Waals surface area contributed by atoms with Crippen molar-refractivity contribution < 1.29 is 9.53 Å². The van der Waals surface area contributed by atoms with Gasteiger partial charge in [-0.25, -0.2) is 14.3 Å². The Morgan fingerprint density at radius 1 is 1.20 bits per heavy atom. The van der Waals surface area contributed by atoms with Crippen molar-refractivity contribution in [3.63, 3.8) is 0 Å². The molecular formula is C28H33N9O3. The lowest BCUT2D eigenvalue weighted by Crippen LogP contribution is -2.36. The van der Waals surface area contributed by atoms with Gasteiger partial charge in [-0.1, -0.05) is 43.7 Å². The number of benzene rings is 1. The molecule has 5 rings (SSSR count). The number of dihydropyridines is 1. The number of carbonyl (C=O) groups is 1. The number of imidazole rings is 1. The Hall–Kier alpha value is -4.74. The Morgan fingerprint density at radius 3 is 2.67 bits per heavy atom. The van der Waals surface area contributed by atoms with Gasteiger partial charge < -0.3 is 10.1 Å². The second-order valence-electron chi connectivity index (χ2n) is 10.1. The predicted molar refractivity (Wildman–Crippen MR) is 149 cm³/mol. The highest BCUT2D eigenvalue weighted by molar-refractivity contribution is 5.92. The minimum Gasteiger partial charge on any atom is -0.465 e. The first-order valence-electron chi connectivity index (χ1n) is 13.3. The molecule has 40 heavy (non-hydrogen) atoms. The molecule has 208 valence electrons. The highest BCUT2D eigenvalue weighted by Gasteiger charge is 2.32. The van der Waals surface area contributed by atoms with Gasteiger partial charge in [0.25, 0.3) is 0 Å². The van der Waals surface area contributed by atoms with Gasteiger partial charge in [0.15, 0.2) is 5.82 Å².